The number of carbonyl (C=O) groups excluding carboxylic acids is 1. The van der Waals surface area contributed by atoms with Gasteiger partial charge in [-0.2, -0.15) is 0 Å². The molecule has 0 aliphatic rings. The van der Waals surface area contributed by atoms with Gasteiger partial charge in [-0.15, -0.1) is 0 Å². The first-order valence-corrected chi connectivity index (χ1v) is 6.98. The summed E-state index contributed by atoms with van der Waals surface area (Å²) in [4.78, 5) is 20.3. The van der Waals surface area contributed by atoms with E-state index in [1.807, 2.05) is 30.3 Å². The third-order valence-electron chi connectivity index (χ3n) is 3.40. The third-order valence-corrected chi connectivity index (χ3v) is 3.40. The second kappa shape index (κ2) is 6.27. The fourth-order valence-electron chi connectivity index (χ4n) is 2.23. The molecule has 0 amide bonds. The Hall–Kier alpha value is -3.21. The number of aliphatic imine (C=N–C) groups is 1. The standard InChI is InChI=1S/C18H14N2O3/c1-23-18(22)13-7-8-16(21)14(10-13)11-20-15-6-2-4-12-5-3-9-19-17(12)15/h2-11,21H,1H3. The first-order chi connectivity index (χ1) is 11.2. The number of carbonyl (C=O) groups is 1. The molecule has 0 spiro atoms. The van der Waals surface area contributed by atoms with E-state index < -0.39 is 5.97 Å². The van der Waals surface area contributed by atoms with Gasteiger partial charge in [0.05, 0.1) is 23.9 Å². The molecule has 1 aromatic heterocycles. The number of benzene rings is 2. The number of pyridine rings is 1. The molecule has 2 aromatic carbocycles. The molecule has 0 bridgehead atoms. The predicted molar refractivity (Wildman–Crippen MR) is 88.4 cm³/mol. The molecule has 1 N–H and O–H groups in total. The molecule has 0 aliphatic carbocycles. The summed E-state index contributed by atoms with van der Waals surface area (Å²) in [6.07, 6.45) is 3.21. The largest absolute Gasteiger partial charge is 0.507 e. The number of phenolic OH excluding ortho intramolecular Hbond substituents is 1. The molecule has 0 aliphatic heterocycles. The van der Waals surface area contributed by atoms with E-state index in [1.165, 1.54) is 31.5 Å². The molecule has 5 heteroatoms. The number of hydrogen-bond acceptors (Lipinski definition) is 5. The summed E-state index contributed by atoms with van der Waals surface area (Å²) in [7, 11) is 1.31. The monoisotopic (exact) mass is 306 g/mol. The Labute approximate surface area is 132 Å². The van der Waals surface area contributed by atoms with Crippen LogP contribution in [-0.4, -0.2) is 29.4 Å². The Morgan fingerprint density at radius 2 is 2.04 bits per heavy atom. The summed E-state index contributed by atoms with van der Waals surface area (Å²) in [5.74, 6) is -0.430. The third kappa shape index (κ3) is 3.03. The van der Waals surface area contributed by atoms with Crippen LogP contribution in [0.4, 0.5) is 5.69 Å². The lowest BCUT2D eigenvalue weighted by Gasteiger charge is -2.03. The van der Waals surface area contributed by atoms with Gasteiger partial charge in [0, 0.05) is 23.4 Å². The van der Waals surface area contributed by atoms with E-state index in [0.29, 0.717) is 16.8 Å². The van der Waals surface area contributed by atoms with Gasteiger partial charge in [-0.1, -0.05) is 18.2 Å². The summed E-state index contributed by atoms with van der Waals surface area (Å²) >= 11 is 0. The lowest BCUT2D eigenvalue weighted by atomic mass is 10.1. The molecule has 3 aromatic rings. The summed E-state index contributed by atoms with van der Waals surface area (Å²) in [6, 6.07) is 14.0. The molecule has 3 rings (SSSR count). The van der Waals surface area contributed by atoms with Crippen LogP contribution in [0.15, 0.2) is 59.7 Å². The lowest BCUT2D eigenvalue weighted by molar-refractivity contribution is 0.0600. The molecule has 5 nitrogen and oxygen atoms in total. The van der Waals surface area contributed by atoms with Crippen molar-refractivity contribution in [2.24, 2.45) is 4.99 Å². The maximum atomic E-state index is 11.6. The van der Waals surface area contributed by atoms with Gasteiger partial charge in [0.15, 0.2) is 0 Å². The molecular formula is C18H14N2O3. The zero-order valence-electron chi connectivity index (χ0n) is 12.4. The lowest BCUT2D eigenvalue weighted by Crippen LogP contribution is -2.01. The van der Waals surface area contributed by atoms with Crippen molar-refractivity contribution in [2.75, 3.05) is 7.11 Å². The van der Waals surface area contributed by atoms with Gasteiger partial charge in [-0.05, 0) is 30.3 Å². The zero-order valence-corrected chi connectivity index (χ0v) is 12.4. The number of hydrogen-bond donors (Lipinski definition) is 1. The minimum absolute atomic E-state index is 0.0367. The van der Waals surface area contributed by atoms with Gasteiger partial charge in [0.2, 0.25) is 0 Å². The van der Waals surface area contributed by atoms with Crippen molar-refractivity contribution in [3.8, 4) is 5.75 Å². The molecule has 0 saturated carbocycles. The summed E-state index contributed by atoms with van der Waals surface area (Å²) in [5, 5.41) is 10.9. The van der Waals surface area contributed by atoms with E-state index in [2.05, 4.69) is 14.7 Å². The highest BCUT2D eigenvalue weighted by Crippen LogP contribution is 2.24. The Kier molecular flexibility index (Phi) is 4.01. The van der Waals surface area contributed by atoms with E-state index in [-0.39, 0.29) is 5.75 Å². The smallest absolute Gasteiger partial charge is 0.337 e. The van der Waals surface area contributed by atoms with E-state index in [1.54, 1.807) is 6.20 Å². The Bertz CT molecular complexity index is 898. The van der Waals surface area contributed by atoms with E-state index >= 15 is 0 Å². The minimum atomic E-state index is -0.466. The average molecular weight is 306 g/mol. The zero-order chi connectivity index (χ0) is 16.2. The number of para-hydroxylation sites is 1. The Morgan fingerprint density at radius 1 is 1.22 bits per heavy atom. The molecular weight excluding hydrogens is 292 g/mol. The van der Waals surface area contributed by atoms with Crippen LogP contribution in [-0.2, 0) is 4.74 Å². The van der Waals surface area contributed by atoms with Crippen LogP contribution in [0.5, 0.6) is 5.75 Å². The number of rotatable bonds is 3. The first kappa shape index (κ1) is 14.7. The van der Waals surface area contributed by atoms with Crippen molar-refractivity contribution in [1.82, 2.24) is 4.98 Å². The predicted octanol–water partition coefficient (Wildman–Crippen LogP) is 3.48. The van der Waals surface area contributed by atoms with Gasteiger partial charge in [-0.25, -0.2) is 4.79 Å². The van der Waals surface area contributed by atoms with Gasteiger partial charge < -0.3 is 9.84 Å². The maximum Gasteiger partial charge on any atom is 0.337 e. The number of fused-ring (bicyclic) bond motifs is 1. The van der Waals surface area contributed by atoms with Crippen LogP contribution in [0.2, 0.25) is 0 Å². The van der Waals surface area contributed by atoms with E-state index in [4.69, 9.17) is 0 Å². The molecule has 1 heterocycles. The second-order valence-electron chi connectivity index (χ2n) is 4.88. The van der Waals surface area contributed by atoms with Crippen LogP contribution in [0.3, 0.4) is 0 Å². The van der Waals surface area contributed by atoms with Gasteiger partial charge >= 0.3 is 5.97 Å². The van der Waals surface area contributed by atoms with E-state index in [9.17, 15) is 9.90 Å². The highest BCUT2D eigenvalue weighted by molar-refractivity contribution is 5.96. The van der Waals surface area contributed by atoms with E-state index in [0.717, 1.165) is 10.9 Å². The number of nitrogens with zero attached hydrogens (tertiary/aromatic N) is 2. The molecule has 0 radical (unpaired) electrons. The fraction of sp³-hybridized carbons (Fsp3) is 0.0556. The number of aromatic nitrogens is 1. The van der Waals surface area contributed by atoms with Crippen molar-refractivity contribution in [2.45, 2.75) is 0 Å². The normalized spacial score (nSPS) is 11.0. The first-order valence-electron chi connectivity index (χ1n) is 6.98. The van der Waals surface area contributed by atoms with Gasteiger partial charge in [0.1, 0.15) is 5.75 Å². The van der Waals surface area contributed by atoms with Crippen LogP contribution in [0.1, 0.15) is 15.9 Å². The molecule has 0 atom stereocenters. The van der Waals surface area contributed by atoms with Crippen molar-refractivity contribution < 1.29 is 14.6 Å². The summed E-state index contributed by atoms with van der Waals surface area (Å²) in [6.45, 7) is 0. The fourth-order valence-corrected chi connectivity index (χ4v) is 2.23. The van der Waals surface area contributed by atoms with Crippen molar-refractivity contribution in [3.05, 3.63) is 65.9 Å². The number of aromatic hydroxyl groups is 1. The summed E-state index contributed by atoms with van der Waals surface area (Å²) in [5.41, 5.74) is 2.24. The molecule has 114 valence electrons. The number of ether oxygens (including phenoxy) is 1. The quantitative estimate of drug-likeness (QED) is 0.594. The van der Waals surface area contributed by atoms with Crippen LogP contribution in [0, 0.1) is 0 Å². The second-order valence-corrected chi connectivity index (χ2v) is 4.88. The summed E-state index contributed by atoms with van der Waals surface area (Å²) < 4.78 is 4.68. The molecule has 0 fully saturated rings. The topological polar surface area (TPSA) is 71.8 Å². The SMILES string of the molecule is COC(=O)c1ccc(O)c(C=Nc2cccc3cccnc23)c1. The number of phenols is 1. The van der Waals surface area contributed by atoms with Crippen molar-refractivity contribution in [1.29, 1.82) is 0 Å². The highest BCUT2D eigenvalue weighted by Gasteiger charge is 2.08. The maximum absolute atomic E-state index is 11.6. The van der Waals surface area contributed by atoms with Crippen LogP contribution >= 0.6 is 0 Å². The molecule has 0 saturated heterocycles. The van der Waals surface area contributed by atoms with Crippen LogP contribution in [0.25, 0.3) is 10.9 Å². The van der Waals surface area contributed by atoms with Crippen molar-refractivity contribution >= 4 is 28.8 Å². The minimum Gasteiger partial charge on any atom is -0.507 e. The Balaban J connectivity index is 2.00. The Morgan fingerprint density at radius 3 is 2.87 bits per heavy atom. The van der Waals surface area contributed by atoms with Crippen LogP contribution < -0.4 is 0 Å². The van der Waals surface area contributed by atoms with Gasteiger partial charge in [0.25, 0.3) is 0 Å². The number of esters is 1. The molecule has 23 heavy (non-hydrogen) atoms. The average Bonchev–Trinajstić information content (AvgIpc) is 2.60. The van der Waals surface area contributed by atoms with Crippen molar-refractivity contribution in [3.63, 3.8) is 0 Å². The highest BCUT2D eigenvalue weighted by atomic mass is 16.5. The van der Waals surface area contributed by atoms with Gasteiger partial charge in [-0.3, -0.25) is 9.98 Å². The molecule has 0 unspecified atom stereocenters. The number of methoxy groups -OCH3 is 1.